The molecule has 20 heavy (non-hydrogen) atoms. The summed E-state index contributed by atoms with van der Waals surface area (Å²) < 4.78 is 13.5. The molecule has 1 saturated heterocycles. The van der Waals surface area contributed by atoms with Crippen molar-refractivity contribution in [1.29, 1.82) is 0 Å². The molecule has 2 N–H and O–H groups in total. The second-order valence-electron chi connectivity index (χ2n) is 6.18. The van der Waals surface area contributed by atoms with Crippen molar-refractivity contribution >= 4 is 11.6 Å². The van der Waals surface area contributed by atoms with E-state index in [1.54, 1.807) is 19.1 Å². The smallest absolute Gasteiger partial charge is 0.230 e. The number of anilines is 1. The number of benzene rings is 1. The Morgan fingerprint density at radius 1 is 1.45 bits per heavy atom. The van der Waals surface area contributed by atoms with E-state index in [0.717, 1.165) is 25.9 Å². The Morgan fingerprint density at radius 3 is 2.80 bits per heavy atom. The first-order valence-electron chi connectivity index (χ1n) is 7.19. The maximum Gasteiger partial charge on any atom is 0.230 e. The van der Waals surface area contributed by atoms with Crippen LogP contribution in [0, 0.1) is 24.1 Å². The molecule has 0 spiro atoms. The van der Waals surface area contributed by atoms with Crippen LogP contribution in [-0.4, -0.2) is 19.0 Å². The van der Waals surface area contributed by atoms with Crippen LogP contribution in [0.5, 0.6) is 0 Å². The second-order valence-corrected chi connectivity index (χ2v) is 6.18. The van der Waals surface area contributed by atoms with Crippen LogP contribution in [0.1, 0.15) is 32.3 Å². The maximum atomic E-state index is 13.5. The molecule has 1 aliphatic heterocycles. The Bertz CT molecular complexity index is 493. The number of halogens is 1. The van der Waals surface area contributed by atoms with Gasteiger partial charge in [-0.25, -0.2) is 4.39 Å². The van der Waals surface area contributed by atoms with Crippen LogP contribution in [0.25, 0.3) is 0 Å². The summed E-state index contributed by atoms with van der Waals surface area (Å²) in [4.78, 5) is 12.5. The molecule has 1 aromatic carbocycles. The first-order valence-corrected chi connectivity index (χ1v) is 7.19. The van der Waals surface area contributed by atoms with E-state index in [1.165, 1.54) is 6.07 Å². The van der Waals surface area contributed by atoms with E-state index in [4.69, 9.17) is 0 Å². The standard InChI is InChI=1S/C16H23FN2O/c1-11-6-7-13(9-14(11)17)19-15(20)16(2,3)12-5-4-8-18-10-12/h6-7,9,12,18H,4-5,8,10H2,1-3H3,(H,19,20). The number of nitrogens with one attached hydrogen (secondary N) is 2. The zero-order valence-corrected chi connectivity index (χ0v) is 12.4. The van der Waals surface area contributed by atoms with Gasteiger partial charge in [0, 0.05) is 11.1 Å². The van der Waals surface area contributed by atoms with Gasteiger partial charge in [-0.1, -0.05) is 19.9 Å². The van der Waals surface area contributed by atoms with Crippen LogP contribution in [-0.2, 0) is 4.79 Å². The number of piperidine rings is 1. The largest absolute Gasteiger partial charge is 0.326 e. The number of carbonyl (C=O) groups is 1. The third kappa shape index (κ3) is 3.18. The molecule has 0 aromatic heterocycles. The number of amides is 1. The number of hydrogen-bond donors (Lipinski definition) is 2. The summed E-state index contributed by atoms with van der Waals surface area (Å²) in [5, 5.41) is 6.18. The van der Waals surface area contributed by atoms with Gasteiger partial charge >= 0.3 is 0 Å². The Hall–Kier alpha value is -1.42. The summed E-state index contributed by atoms with van der Waals surface area (Å²) in [6, 6.07) is 4.80. The minimum absolute atomic E-state index is 0.0468. The van der Waals surface area contributed by atoms with Crippen LogP contribution in [0.2, 0.25) is 0 Å². The molecule has 1 unspecified atom stereocenters. The van der Waals surface area contributed by atoms with E-state index in [0.29, 0.717) is 17.2 Å². The maximum absolute atomic E-state index is 13.5. The zero-order chi connectivity index (χ0) is 14.8. The van der Waals surface area contributed by atoms with E-state index >= 15 is 0 Å². The highest BCUT2D eigenvalue weighted by molar-refractivity contribution is 5.95. The topological polar surface area (TPSA) is 41.1 Å². The van der Waals surface area contributed by atoms with E-state index in [2.05, 4.69) is 10.6 Å². The molecule has 3 nitrogen and oxygen atoms in total. The lowest BCUT2D eigenvalue weighted by atomic mass is 9.74. The van der Waals surface area contributed by atoms with Crippen molar-refractivity contribution in [3.8, 4) is 0 Å². The molecular formula is C16H23FN2O. The van der Waals surface area contributed by atoms with Gasteiger partial charge in [-0.15, -0.1) is 0 Å². The summed E-state index contributed by atoms with van der Waals surface area (Å²) in [7, 11) is 0. The monoisotopic (exact) mass is 278 g/mol. The molecule has 1 aliphatic rings. The molecule has 0 saturated carbocycles. The molecule has 110 valence electrons. The molecule has 0 aliphatic carbocycles. The fourth-order valence-corrected chi connectivity index (χ4v) is 2.62. The minimum atomic E-state index is -0.464. The predicted molar refractivity (Wildman–Crippen MR) is 79.1 cm³/mol. The highest BCUT2D eigenvalue weighted by Crippen LogP contribution is 2.33. The van der Waals surface area contributed by atoms with E-state index in [9.17, 15) is 9.18 Å². The molecule has 1 aromatic rings. The van der Waals surface area contributed by atoms with Crippen LogP contribution in [0.3, 0.4) is 0 Å². The van der Waals surface area contributed by atoms with Crippen LogP contribution >= 0.6 is 0 Å². The molecule has 1 amide bonds. The fourth-order valence-electron chi connectivity index (χ4n) is 2.62. The molecule has 1 atom stereocenters. The Kier molecular flexibility index (Phi) is 4.43. The average molecular weight is 278 g/mol. The number of hydrogen-bond acceptors (Lipinski definition) is 2. The van der Waals surface area contributed by atoms with Gasteiger partial charge in [-0.2, -0.15) is 0 Å². The highest BCUT2D eigenvalue weighted by Gasteiger charge is 2.37. The van der Waals surface area contributed by atoms with Crippen LogP contribution in [0.15, 0.2) is 18.2 Å². The lowest BCUT2D eigenvalue weighted by Gasteiger charge is -2.36. The van der Waals surface area contributed by atoms with Gasteiger partial charge in [0.25, 0.3) is 0 Å². The number of carbonyl (C=O) groups excluding carboxylic acids is 1. The lowest BCUT2D eigenvalue weighted by molar-refractivity contribution is -0.127. The lowest BCUT2D eigenvalue weighted by Crippen LogP contribution is -2.44. The summed E-state index contributed by atoms with van der Waals surface area (Å²) in [6.07, 6.45) is 2.15. The number of rotatable bonds is 3. The third-order valence-electron chi connectivity index (χ3n) is 4.33. The highest BCUT2D eigenvalue weighted by atomic mass is 19.1. The molecule has 0 bridgehead atoms. The Balaban J connectivity index is 2.07. The molecule has 1 fully saturated rings. The van der Waals surface area contributed by atoms with E-state index in [1.807, 2.05) is 13.8 Å². The third-order valence-corrected chi connectivity index (χ3v) is 4.33. The Labute approximate surface area is 120 Å². The molecule has 0 radical (unpaired) electrons. The summed E-state index contributed by atoms with van der Waals surface area (Å²) in [5.41, 5.74) is 0.642. The predicted octanol–water partition coefficient (Wildman–Crippen LogP) is 3.10. The first kappa shape index (κ1) is 15.0. The van der Waals surface area contributed by atoms with Crippen molar-refractivity contribution in [2.24, 2.45) is 11.3 Å². The average Bonchev–Trinajstić information content (AvgIpc) is 2.44. The van der Waals surface area contributed by atoms with Crippen molar-refractivity contribution < 1.29 is 9.18 Å². The zero-order valence-electron chi connectivity index (χ0n) is 12.4. The van der Waals surface area contributed by atoms with Crippen LogP contribution in [0.4, 0.5) is 10.1 Å². The molecule has 1 heterocycles. The number of aryl methyl sites for hydroxylation is 1. The second kappa shape index (κ2) is 5.92. The Morgan fingerprint density at radius 2 is 2.20 bits per heavy atom. The quantitative estimate of drug-likeness (QED) is 0.892. The molecular weight excluding hydrogens is 255 g/mol. The normalized spacial score (nSPS) is 19.7. The van der Waals surface area contributed by atoms with Crippen molar-refractivity contribution in [1.82, 2.24) is 5.32 Å². The van der Waals surface area contributed by atoms with Gasteiger partial charge in [0.05, 0.1) is 0 Å². The van der Waals surface area contributed by atoms with Crippen molar-refractivity contribution in [2.45, 2.75) is 33.6 Å². The van der Waals surface area contributed by atoms with Crippen molar-refractivity contribution in [3.63, 3.8) is 0 Å². The van der Waals surface area contributed by atoms with Gasteiger partial charge in [-0.3, -0.25) is 4.79 Å². The van der Waals surface area contributed by atoms with Gasteiger partial charge in [-0.05, 0) is 56.5 Å². The van der Waals surface area contributed by atoms with E-state index < -0.39 is 5.41 Å². The van der Waals surface area contributed by atoms with Crippen molar-refractivity contribution in [3.05, 3.63) is 29.6 Å². The first-order chi connectivity index (χ1) is 9.41. The summed E-state index contributed by atoms with van der Waals surface area (Å²) >= 11 is 0. The van der Waals surface area contributed by atoms with Gasteiger partial charge in [0.1, 0.15) is 5.82 Å². The molecule has 4 heteroatoms. The van der Waals surface area contributed by atoms with E-state index in [-0.39, 0.29) is 11.7 Å². The van der Waals surface area contributed by atoms with Gasteiger partial charge in [0.15, 0.2) is 0 Å². The van der Waals surface area contributed by atoms with Gasteiger partial charge in [0.2, 0.25) is 5.91 Å². The SMILES string of the molecule is Cc1ccc(NC(=O)C(C)(C)C2CCCNC2)cc1F. The summed E-state index contributed by atoms with van der Waals surface area (Å²) in [5.74, 6) is -0.0269. The van der Waals surface area contributed by atoms with Crippen LogP contribution < -0.4 is 10.6 Å². The summed E-state index contributed by atoms with van der Waals surface area (Å²) in [6.45, 7) is 7.52. The van der Waals surface area contributed by atoms with Gasteiger partial charge < -0.3 is 10.6 Å². The minimum Gasteiger partial charge on any atom is -0.326 e. The van der Waals surface area contributed by atoms with Crippen molar-refractivity contribution in [2.75, 3.05) is 18.4 Å². The molecule has 2 rings (SSSR count). The fraction of sp³-hybridized carbons (Fsp3) is 0.562.